The largest absolute Gasteiger partial charge is 0.369 e. The highest BCUT2D eigenvalue weighted by molar-refractivity contribution is 5.77. The normalized spacial score (nSPS) is 18.5. The second-order valence-corrected chi connectivity index (χ2v) is 5.32. The summed E-state index contributed by atoms with van der Waals surface area (Å²) in [5.41, 5.74) is 6.75. The van der Waals surface area contributed by atoms with Crippen LogP contribution < -0.4 is 5.73 Å². The van der Waals surface area contributed by atoms with E-state index in [9.17, 15) is 4.79 Å². The lowest BCUT2D eigenvalue weighted by atomic mass is 9.76. The van der Waals surface area contributed by atoms with Crippen molar-refractivity contribution in [1.29, 1.82) is 0 Å². The molecule has 1 unspecified atom stereocenters. The van der Waals surface area contributed by atoms with Crippen LogP contribution in [0.3, 0.4) is 0 Å². The molecule has 0 heterocycles. The number of primary amides is 1. The molecule has 1 amide bonds. The zero-order valence-electron chi connectivity index (χ0n) is 9.92. The molecule has 15 heavy (non-hydrogen) atoms. The molecule has 2 heteroatoms. The smallest absolute Gasteiger partial charge is 0.221 e. The highest BCUT2D eigenvalue weighted by Gasteiger charge is 2.30. The second-order valence-electron chi connectivity index (χ2n) is 5.32. The Morgan fingerprint density at radius 3 is 2.60 bits per heavy atom. The van der Waals surface area contributed by atoms with Crippen LogP contribution in [0.5, 0.6) is 0 Å². The Bertz CT molecular complexity index is 294. The first-order valence-corrected chi connectivity index (χ1v) is 5.55. The maximum atomic E-state index is 11.4. The number of carbonyl (C=O) groups excluding carboxylic acids is 1. The van der Waals surface area contributed by atoms with Crippen LogP contribution in [0.4, 0.5) is 0 Å². The van der Waals surface area contributed by atoms with Gasteiger partial charge in [-0.2, -0.15) is 0 Å². The van der Waals surface area contributed by atoms with Crippen LogP contribution in [-0.4, -0.2) is 5.91 Å². The predicted octanol–water partition coefficient (Wildman–Crippen LogP) is 2.80. The van der Waals surface area contributed by atoms with Gasteiger partial charge in [0, 0.05) is 5.92 Å². The van der Waals surface area contributed by atoms with Crippen LogP contribution >= 0.6 is 0 Å². The van der Waals surface area contributed by atoms with Crippen molar-refractivity contribution in [1.82, 2.24) is 0 Å². The number of nitrogens with two attached hydrogens (primary N) is 1. The molecule has 0 spiro atoms. The molecule has 0 saturated heterocycles. The van der Waals surface area contributed by atoms with Gasteiger partial charge in [-0.25, -0.2) is 0 Å². The zero-order valence-corrected chi connectivity index (χ0v) is 9.92. The van der Waals surface area contributed by atoms with Crippen molar-refractivity contribution in [2.24, 2.45) is 17.1 Å². The van der Waals surface area contributed by atoms with E-state index in [4.69, 9.17) is 5.73 Å². The van der Waals surface area contributed by atoms with Gasteiger partial charge in [-0.3, -0.25) is 4.79 Å². The summed E-state index contributed by atoms with van der Waals surface area (Å²) in [4.78, 5) is 11.4. The van der Waals surface area contributed by atoms with Gasteiger partial charge in [0.1, 0.15) is 0 Å². The Kier molecular flexibility index (Phi) is 3.72. The molecule has 2 nitrogen and oxygen atoms in total. The van der Waals surface area contributed by atoms with Gasteiger partial charge in [-0.15, -0.1) is 0 Å². The topological polar surface area (TPSA) is 43.1 Å². The summed E-state index contributed by atoms with van der Waals surface area (Å²) in [6.45, 7) is 6.21. The van der Waals surface area contributed by atoms with Gasteiger partial charge in [0.15, 0.2) is 0 Å². The fourth-order valence-electron chi connectivity index (χ4n) is 1.92. The molecule has 0 fully saturated rings. The van der Waals surface area contributed by atoms with Crippen molar-refractivity contribution in [3.63, 3.8) is 0 Å². The molecule has 0 aromatic rings. The van der Waals surface area contributed by atoms with E-state index in [1.807, 2.05) is 0 Å². The maximum Gasteiger partial charge on any atom is 0.221 e. The first kappa shape index (κ1) is 12.0. The minimum atomic E-state index is -0.182. The summed E-state index contributed by atoms with van der Waals surface area (Å²) < 4.78 is 0. The van der Waals surface area contributed by atoms with Crippen LogP contribution in [-0.2, 0) is 4.79 Å². The number of hydrogen-bond donors (Lipinski definition) is 1. The Morgan fingerprint density at radius 2 is 2.20 bits per heavy atom. The van der Waals surface area contributed by atoms with Gasteiger partial charge in [0.05, 0.1) is 0 Å². The van der Waals surface area contributed by atoms with Gasteiger partial charge >= 0.3 is 0 Å². The monoisotopic (exact) mass is 207 g/mol. The number of amides is 1. The molecule has 0 saturated carbocycles. The average Bonchev–Trinajstić information content (AvgIpc) is 2.13. The van der Waals surface area contributed by atoms with Crippen LogP contribution in [0.15, 0.2) is 23.8 Å². The Hall–Kier alpha value is -1.05. The van der Waals surface area contributed by atoms with Gasteiger partial charge < -0.3 is 5.73 Å². The summed E-state index contributed by atoms with van der Waals surface area (Å²) >= 11 is 0. The predicted molar refractivity (Wildman–Crippen MR) is 63.2 cm³/mol. The van der Waals surface area contributed by atoms with Crippen molar-refractivity contribution >= 4 is 5.91 Å². The molecule has 0 aromatic heterocycles. The Labute approximate surface area is 92.2 Å². The molecular weight excluding hydrogens is 186 g/mol. The van der Waals surface area contributed by atoms with Gasteiger partial charge in [0.2, 0.25) is 5.91 Å². The molecule has 1 atom stereocenters. The number of rotatable bonds is 3. The minimum Gasteiger partial charge on any atom is -0.369 e. The van der Waals surface area contributed by atoms with Gasteiger partial charge in [-0.05, 0) is 24.7 Å². The molecule has 0 bridgehead atoms. The summed E-state index contributed by atoms with van der Waals surface area (Å²) in [6.07, 6.45) is 9.30. The Morgan fingerprint density at radius 1 is 1.53 bits per heavy atom. The molecule has 1 aliphatic rings. The zero-order chi connectivity index (χ0) is 11.5. The summed E-state index contributed by atoms with van der Waals surface area (Å²) in [7, 11) is 0. The second kappa shape index (κ2) is 4.65. The standard InChI is InChI=1S/C13H21NO/c1-13(2,3)11(12(14)15)9-10-7-5-4-6-8-10/h4-5,7,11H,6,8-9H2,1-3H3,(H2,14,15). The van der Waals surface area contributed by atoms with E-state index in [1.165, 1.54) is 5.57 Å². The summed E-state index contributed by atoms with van der Waals surface area (Å²) in [5.74, 6) is -0.242. The number of carbonyl (C=O) groups is 1. The van der Waals surface area contributed by atoms with E-state index >= 15 is 0 Å². The quantitative estimate of drug-likeness (QED) is 0.759. The molecule has 84 valence electrons. The van der Waals surface area contributed by atoms with Gasteiger partial charge in [-0.1, -0.05) is 44.6 Å². The third-order valence-corrected chi connectivity index (χ3v) is 2.96. The maximum absolute atomic E-state index is 11.4. The van der Waals surface area contributed by atoms with Crippen LogP contribution in [0.2, 0.25) is 0 Å². The lowest BCUT2D eigenvalue weighted by Gasteiger charge is -2.29. The number of hydrogen-bond acceptors (Lipinski definition) is 1. The first-order valence-electron chi connectivity index (χ1n) is 5.55. The van der Waals surface area contributed by atoms with Crippen molar-refractivity contribution in [3.8, 4) is 0 Å². The molecular formula is C13H21NO. The van der Waals surface area contributed by atoms with Crippen LogP contribution in [0.1, 0.15) is 40.0 Å². The first-order chi connectivity index (χ1) is 6.91. The van der Waals surface area contributed by atoms with E-state index in [1.54, 1.807) is 0 Å². The van der Waals surface area contributed by atoms with Crippen molar-refractivity contribution in [2.75, 3.05) is 0 Å². The van der Waals surface area contributed by atoms with E-state index < -0.39 is 0 Å². The minimum absolute atomic E-state index is 0.0478. The van der Waals surface area contributed by atoms with Crippen LogP contribution in [0, 0.1) is 11.3 Å². The molecule has 2 N–H and O–H groups in total. The molecule has 0 aliphatic heterocycles. The van der Waals surface area contributed by atoms with E-state index in [0.717, 1.165) is 19.3 Å². The van der Waals surface area contributed by atoms with Gasteiger partial charge in [0.25, 0.3) is 0 Å². The lowest BCUT2D eigenvalue weighted by Crippen LogP contribution is -2.34. The molecule has 1 aliphatic carbocycles. The fourth-order valence-corrected chi connectivity index (χ4v) is 1.92. The molecule has 0 aromatic carbocycles. The molecule has 0 radical (unpaired) electrons. The third-order valence-electron chi connectivity index (χ3n) is 2.96. The van der Waals surface area contributed by atoms with Crippen molar-refractivity contribution in [2.45, 2.75) is 40.0 Å². The molecule has 1 rings (SSSR count). The van der Waals surface area contributed by atoms with Crippen LogP contribution in [0.25, 0.3) is 0 Å². The SMILES string of the molecule is CC(C)(C)C(CC1=CC=CCC1)C(N)=O. The lowest BCUT2D eigenvalue weighted by molar-refractivity contribution is -0.124. The Balaban J connectivity index is 2.71. The van der Waals surface area contributed by atoms with E-state index in [0.29, 0.717) is 0 Å². The fraction of sp³-hybridized carbons (Fsp3) is 0.615. The highest BCUT2D eigenvalue weighted by atomic mass is 16.1. The van der Waals surface area contributed by atoms with Crippen molar-refractivity contribution < 1.29 is 4.79 Å². The van der Waals surface area contributed by atoms with Crippen molar-refractivity contribution in [3.05, 3.63) is 23.8 Å². The van der Waals surface area contributed by atoms with E-state index in [2.05, 4.69) is 39.0 Å². The highest BCUT2D eigenvalue weighted by Crippen LogP contribution is 2.32. The summed E-state index contributed by atoms with van der Waals surface area (Å²) in [5, 5.41) is 0. The van der Waals surface area contributed by atoms with E-state index in [-0.39, 0.29) is 17.2 Å². The number of allylic oxidation sites excluding steroid dienone is 4. The average molecular weight is 207 g/mol. The third kappa shape index (κ3) is 3.54. The summed E-state index contributed by atoms with van der Waals surface area (Å²) in [6, 6.07) is 0.